The van der Waals surface area contributed by atoms with Crippen LogP contribution in [0.2, 0.25) is 0 Å². The fraction of sp³-hybridized carbons (Fsp3) is 0.333. The summed E-state index contributed by atoms with van der Waals surface area (Å²) in [6, 6.07) is 12.3. The number of rotatable bonds is 3. The number of hydrogen-bond acceptors (Lipinski definition) is 3. The van der Waals surface area contributed by atoms with Crippen molar-refractivity contribution >= 4 is 17.4 Å². The summed E-state index contributed by atoms with van der Waals surface area (Å²) in [7, 11) is 0. The van der Waals surface area contributed by atoms with E-state index in [1.807, 2.05) is 24.3 Å². The van der Waals surface area contributed by atoms with E-state index in [4.69, 9.17) is 4.74 Å². The first-order chi connectivity index (χ1) is 11.5. The Balaban J connectivity index is 1.65. The Bertz CT molecular complexity index is 758. The molecule has 2 nitrogen and oxygen atoms in total. The van der Waals surface area contributed by atoms with Crippen LogP contribution in [0.1, 0.15) is 23.5 Å². The number of alkyl halides is 3. The molecule has 1 fully saturated rings. The highest BCUT2D eigenvalue weighted by Gasteiger charge is 2.44. The number of hydrogen-bond donors (Lipinski definition) is 1. The minimum absolute atomic E-state index is 0.133. The lowest BCUT2D eigenvalue weighted by molar-refractivity contribution is -0.151. The van der Waals surface area contributed by atoms with Gasteiger partial charge in [-0.15, -0.1) is 0 Å². The smallest absolute Gasteiger partial charge is 0.395 e. The summed E-state index contributed by atoms with van der Waals surface area (Å²) in [5.41, 5.74) is 1.92. The highest BCUT2D eigenvalue weighted by atomic mass is 32.2. The molecule has 0 aliphatic carbocycles. The van der Waals surface area contributed by atoms with Crippen molar-refractivity contribution in [3.63, 3.8) is 0 Å². The molecular weight excluding hydrogens is 335 g/mol. The van der Waals surface area contributed by atoms with Crippen LogP contribution in [-0.2, 0) is 6.54 Å². The van der Waals surface area contributed by atoms with Gasteiger partial charge in [0, 0.05) is 23.1 Å². The maximum atomic E-state index is 13.5. The lowest BCUT2D eigenvalue weighted by Gasteiger charge is -2.21. The highest BCUT2D eigenvalue weighted by molar-refractivity contribution is 8.06. The van der Waals surface area contributed by atoms with Crippen LogP contribution in [-0.4, -0.2) is 17.2 Å². The van der Waals surface area contributed by atoms with Crippen molar-refractivity contribution in [1.29, 1.82) is 0 Å². The quantitative estimate of drug-likeness (QED) is 0.732. The molecule has 0 bridgehead atoms. The molecule has 4 rings (SSSR count). The van der Waals surface area contributed by atoms with Gasteiger partial charge in [0.05, 0.1) is 11.6 Å². The molecule has 0 spiro atoms. The van der Waals surface area contributed by atoms with Crippen LogP contribution in [0, 0.1) is 0 Å². The number of fused-ring (bicyclic) bond motifs is 2. The molecule has 0 radical (unpaired) electrons. The van der Waals surface area contributed by atoms with Gasteiger partial charge in [-0.2, -0.15) is 24.9 Å². The van der Waals surface area contributed by atoms with Gasteiger partial charge in [0.15, 0.2) is 5.75 Å². The molecule has 2 heterocycles. The number of thioether (sulfide) groups is 1. The zero-order valence-electron chi connectivity index (χ0n) is 12.8. The topological polar surface area (TPSA) is 21.3 Å². The van der Waals surface area contributed by atoms with E-state index in [0.717, 1.165) is 17.0 Å². The Labute approximate surface area is 142 Å². The van der Waals surface area contributed by atoms with Gasteiger partial charge in [0.1, 0.15) is 5.75 Å². The number of halogens is 3. The van der Waals surface area contributed by atoms with E-state index in [0.29, 0.717) is 23.6 Å². The number of para-hydroxylation sites is 2. The fourth-order valence-corrected chi connectivity index (χ4v) is 3.59. The molecule has 6 heteroatoms. The molecule has 1 N–H and O–H groups in total. The number of benzene rings is 2. The van der Waals surface area contributed by atoms with E-state index in [2.05, 4.69) is 5.32 Å². The predicted octanol–water partition coefficient (Wildman–Crippen LogP) is 5.56. The first-order valence-electron chi connectivity index (χ1n) is 7.82. The van der Waals surface area contributed by atoms with Crippen LogP contribution in [0.4, 0.5) is 18.9 Å². The molecule has 2 atom stereocenters. The predicted molar refractivity (Wildman–Crippen MR) is 89.9 cm³/mol. The molecule has 126 valence electrons. The van der Waals surface area contributed by atoms with Crippen molar-refractivity contribution < 1.29 is 17.9 Å². The molecule has 2 aliphatic heterocycles. The van der Waals surface area contributed by atoms with Crippen molar-refractivity contribution in [3.8, 4) is 11.5 Å². The summed E-state index contributed by atoms with van der Waals surface area (Å²) in [4.78, 5) is 0. The Morgan fingerprint density at radius 3 is 2.71 bits per heavy atom. The highest BCUT2D eigenvalue weighted by Crippen LogP contribution is 2.46. The molecule has 2 aromatic carbocycles. The summed E-state index contributed by atoms with van der Waals surface area (Å²) < 4.78 is 46.3. The SMILES string of the molecule is FC(F)(F)C(CC1CS1)c1ccc2c(c1)CNc1ccccc1O2. The molecule has 0 aromatic heterocycles. The normalized spacial score (nSPS) is 20.0. The fourth-order valence-electron chi connectivity index (χ4n) is 2.99. The summed E-state index contributed by atoms with van der Waals surface area (Å²) in [5, 5.41) is 3.36. The number of anilines is 1. The molecular formula is C18H16F3NOS. The zero-order chi connectivity index (χ0) is 16.7. The second kappa shape index (κ2) is 5.92. The van der Waals surface area contributed by atoms with Crippen LogP contribution < -0.4 is 10.1 Å². The molecule has 2 aromatic rings. The van der Waals surface area contributed by atoms with Gasteiger partial charge in [-0.05, 0) is 36.2 Å². The lowest BCUT2D eigenvalue weighted by Crippen LogP contribution is -2.22. The standard InChI is InChI=1S/C18H16F3NOS/c19-18(20,21)14(8-13-10-24-13)11-5-6-16-12(7-11)9-22-15-3-1-2-4-17(15)23-16/h1-7,13-14,22H,8-10H2. The van der Waals surface area contributed by atoms with Gasteiger partial charge >= 0.3 is 6.18 Å². The Morgan fingerprint density at radius 2 is 1.96 bits per heavy atom. The van der Waals surface area contributed by atoms with Gasteiger partial charge in [0.2, 0.25) is 0 Å². The minimum Gasteiger partial charge on any atom is -0.455 e. The first kappa shape index (κ1) is 15.7. The van der Waals surface area contributed by atoms with Crippen molar-refractivity contribution in [1.82, 2.24) is 0 Å². The summed E-state index contributed by atoms with van der Waals surface area (Å²) in [6.07, 6.45) is -4.07. The second-order valence-electron chi connectivity index (χ2n) is 6.10. The lowest BCUT2D eigenvalue weighted by atomic mass is 9.92. The van der Waals surface area contributed by atoms with Crippen LogP contribution in [0.25, 0.3) is 0 Å². The third-order valence-corrected chi connectivity index (χ3v) is 5.36. The second-order valence-corrected chi connectivity index (χ2v) is 7.44. The van der Waals surface area contributed by atoms with Crippen LogP contribution in [0.15, 0.2) is 42.5 Å². The Morgan fingerprint density at radius 1 is 1.17 bits per heavy atom. The Hall–Kier alpha value is -1.82. The van der Waals surface area contributed by atoms with E-state index in [1.54, 1.807) is 30.0 Å². The molecule has 2 unspecified atom stereocenters. The van der Waals surface area contributed by atoms with E-state index in [1.165, 1.54) is 0 Å². The van der Waals surface area contributed by atoms with Crippen LogP contribution in [0.5, 0.6) is 11.5 Å². The molecule has 0 amide bonds. The summed E-state index contributed by atoms with van der Waals surface area (Å²) in [5.74, 6) is 0.717. The third-order valence-electron chi connectivity index (χ3n) is 4.36. The Kier molecular flexibility index (Phi) is 3.87. The maximum Gasteiger partial charge on any atom is 0.395 e. The maximum absolute atomic E-state index is 13.5. The van der Waals surface area contributed by atoms with Gasteiger partial charge in [-0.3, -0.25) is 0 Å². The molecule has 2 aliphatic rings. The summed E-state index contributed by atoms with van der Waals surface area (Å²) in [6.45, 7) is 0.447. The largest absolute Gasteiger partial charge is 0.455 e. The molecule has 24 heavy (non-hydrogen) atoms. The van der Waals surface area contributed by atoms with E-state index < -0.39 is 12.1 Å². The van der Waals surface area contributed by atoms with Crippen molar-refractivity contribution in [2.24, 2.45) is 0 Å². The average Bonchev–Trinajstić information content (AvgIpc) is 3.37. The van der Waals surface area contributed by atoms with Crippen molar-refractivity contribution in [2.45, 2.75) is 30.3 Å². The van der Waals surface area contributed by atoms with Gasteiger partial charge in [0.25, 0.3) is 0 Å². The number of ether oxygens (including phenoxy) is 1. The zero-order valence-corrected chi connectivity index (χ0v) is 13.6. The van der Waals surface area contributed by atoms with Crippen molar-refractivity contribution in [2.75, 3.05) is 11.1 Å². The third kappa shape index (κ3) is 3.20. The van der Waals surface area contributed by atoms with Gasteiger partial charge in [-0.1, -0.05) is 18.2 Å². The molecule has 0 saturated carbocycles. The molecule has 1 saturated heterocycles. The van der Waals surface area contributed by atoms with Gasteiger partial charge in [-0.25, -0.2) is 0 Å². The minimum atomic E-state index is -4.22. The monoisotopic (exact) mass is 351 g/mol. The average molecular weight is 351 g/mol. The first-order valence-corrected chi connectivity index (χ1v) is 8.87. The van der Waals surface area contributed by atoms with Gasteiger partial charge < -0.3 is 10.1 Å². The summed E-state index contributed by atoms with van der Waals surface area (Å²) >= 11 is 1.59. The van der Waals surface area contributed by atoms with Crippen LogP contribution in [0.3, 0.4) is 0 Å². The van der Waals surface area contributed by atoms with E-state index >= 15 is 0 Å². The van der Waals surface area contributed by atoms with E-state index in [-0.39, 0.29) is 11.7 Å². The van der Waals surface area contributed by atoms with Crippen molar-refractivity contribution in [3.05, 3.63) is 53.6 Å². The number of nitrogens with one attached hydrogen (secondary N) is 1. The van der Waals surface area contributed by atoms with Crippen LogP contribution >= 0.6 is 11.8 Å². The van der Waals surface area contributed by atoms with E-state index in [9.17, 15) is 13.2 Å².